The zero-order valence-electron chi connectivity index (χ0n) is 14.5. The molecule has 2 rings (SSSR count). The average Bonchev–Trinajstić information content (AvgIpc) is 2.54. The van der Waals surface area contributed by atoms with Gasteiger partial charge in [0, 0.05) is 5.56 Å². The second kappa shape index (κ2) is 9.27. The van der Waals surface area contributed by atoms with Crippen molar-refractivity contribution < 1.29 is 43.0 Å². The molecule has 0 radical (unpaired) electrons. The summed E-state index contributed by atoms with van der Waals surface area (Å²) in [6.45, 7) is 2.44. The van der Waals surface area contributed by atoms with Crippen LogP contribution in [0, 0.1) is 0 Å². The number of halogens is 3. The standard InChI is InChI=1S/C17H16F3O2P.Li.H/c1-2-12-22-14-8-10-15(11-9-14)23(17(18,19)20)16(21)13-6-4-3-5-7-13;;/h3-11H,2,12H2,1H3;;/q;+1;-1. The number of rotatable bonds is 6. The van der Waals surface area contributed by atoms with Gasteiger partial charge in [0.1, 0.15) is 13.7 Å². The summed E-state index contributed by atoms with van der Waals surface area (Å²) < 4.78 is 45.6. The Bertz CT molecular complexity index is 651. The molecule has 0 aromatic heterocycles. The molecule has 2 nitrogen and oxygen atoms in total. The van der Waals surface area contributed by atoms with Crippen LogP contribution in [0.15, 0.2) is 54.6 Å². The van der Waals surface area contributed by atoms with Crippen LogP contribution in [-0.4, -0.2) is 18.0 Å². The molecule has 0 saturated heterocycles. The summed E-state index contributed by atoms with van der Waals surface area (Å²) in [6, 6.07) is 13.2. The van der Waals surface area contributed by atoms with Crippen LogP contribution < -0.4 is 28.9 Å². The first-order valence-electron chi connectivity index (χ1n) is 7.12. The molecule has 2 aromatic carbocycles. The number of benzene rings is 2. The van der Waals surface area contributed by atoms with Crippen molar-refractivity contribution in [3.8, 4) is 5.75 Å². The largest absolute Gasteiger partial charge is 1.00 e. The van der Waals surface area contributed by atoms with Crippen LogP contribution in [0.1, 0.15) is 25.1 Å². The van der Waals surface area contributed by atoms with Crippen molar-refractivity contribution in [3.63, 3.8) is 0 Å². The van der Waals surface area contributed by atoms with E-state index in [0.29, 0.717) is 12.4 Å². The van der Waals surface area contributed by atoms with E-state index in [0.717, 1.165) is 6.42 Å². The van der Waals surface area contributed by atoms with E-state index >= 15 is 0 Å². The third kappa shape index (κ3) is 5.38. The van der Waals surface area contributed by atoms with Crippen LogP contribution >= 0.6 is 7.92 Å². The Kier molecular flexibility index (Phi) is 8.03. The molecule has 0 spiro atoms. The van der Waals surface area contributed by atoms with Crippen LogP contribution in [0.2, 0.25) is 0 Å². The van der Waals surface area contributed by atoms with Gasteiger partial charge in [-0.2, -0.15) is 13.2 Å². The quantitative estimate of drug-likeness (QED) is 0.590. The number of carbonyl (C=O) groups excluding carboxylic acids is 1. The molecule has 0 aliphatic carbocycles. The predicted octanol–water partition coefficient (Wildman–Crippen LogP) is 2.06. The molecule has 0 aliphatic heterocycles. The number of alkyl halides is 3. The average molecular weight is 348 g/mol. The molecule has 0 aliphatic rings. The minimum absolute atomic E-state index is 0. The topological polar surface area (TPSA) is 26.3 Å². The number of hydrogen-bond donors (Lipinski definition) is 0. The van der Waals surface area contributed by atoms with Crippen LogP contribution in [0.25, 0.3) is 0 Å². The van der Waals surface area contributed by atoms with Crippen molar-refractivity contribution in [3.05, 3.63) is 60.2 Å². The minimum atomic E-state index is -4.59. The molecular formula is C17H17F3LiO2P. The van der Waals surface area contributed by atoms with Crippen molar-refractivity contribution in [2.24, 2.45) is 0 Å². The fourth-order valence-corrected chi connectivity index (χ4v) is 3.61. The molecule has 24 heavy (non-hydrogen) atoms. The van der Waals surface area contributed by atoms with Crippen LogP contribution in [0.5, 0.6) is 5.75 Å². The van der Waals surface area contributed by atoms with Gasteiger partial charge in [0.25, 0.3) is 0 Å². The molecule has 7 heteroatoms. The number of carbonyl (C=O) groups is 1. The SMILES string of the molecule is CCCOc1ccc(P(C(=O)c2ccccc2)C(F)(F)F)cc1.[H-].[Li+]. The van der Waals surface area contributed by atoms with Gasteiger partial charge in [-0.25, -0.2) is 0 Å². The Hall–Kier alpha value is -1.27. The van der Waals surface area contributed by atoms with Crippen molar-refractivity contribution in [1.29, 1.82) is 0 Å². The van der Waals surface area contributed by atoms with Crippen molar-refractivity contribution in [2.45, 2.75) is 19.3 Å². The van der Waals surface area contributed by atoms with Crippen molar-refractivity contribution >= 4 is 18.8 Å². The van der Waals surface area contributed by atoms with Gasteiger partial charge in [0.05, 0.1) is 6.61 Å². The first kappa shape index (κ1) is 20.8. The summed E-state index contributed by atoms with van der Waals surface area (Å²) >= 11 is 0. The summed E-state index contributed by atoms with van der Waals surface area (Å²) in [5, 5.41) is -0.0230. The van der Waals surface area contributed by atoms with Crippen molar-refractivity contribution in [1.82, 2.24) is 0 Å². The fourth-order valence-electron chi connectivity index (χ4n) is 2.00. The first-order valence-corrected chi connectivity index (χ1v) is 8.47. The second-order valence-electron chi connectivity index (χ2n) is 4.82. The number of ether oxygens (including phenoxy) is 1. The van der Waals surface area contributed by atoms with E-state index in [1.165, 1.54) is 36.4 Å². The zero-order chi connectivity index (χ0) is 16.9. The molecule has 0 fully saturated rings. The van der Waals surface area contributed by atoms with Crippen LogP contribution in [0.3, 0.4) is 0 Å². The maximum atomic E-state index is 13.4. The fraction of sp³-hybridized carbons (Fsp3) is 0.235. The molecule has 0 amide bonds. The molecule has 0 bridgehead atoms. The van der Waals surface area contributed by atoms with Crippen molar-refractivity contribution in [2.75, 3.05) is 6.61 Å². The molecule has 124 valence electrons. The molecule has 0 N–H and O–H groups in total. The Balaban J connectivity index is 0.00000288. The summed E-state index contributed by atoms with van der Waals surface area (Å²) in [6.07, 6.45) is 0.809. The molecule has 0 heterocycles. The first-order chi connectivity index (χ1) is 10.9. The Morgan fingerprint density at radius 2 is 1.67 bits per heavy atom. The van der Waals surface area contributed by atoms with Gasteiger partial charge in [0.15, 0.2) is 5.52 Å². The van der Waals surface area contributed by atoms with E-state index in [1.807, 2.05) is 6.92 Å². The van der Waals surface area contributed by atoms with E-state index in [4.69, 9.17) is 4.74 Å². The van der Waals surface area contributed by atoms with Crippen LogP contribution in [0.4, 0.5) is 13.2 Å². The molecule has 0 saturated carbocycles. The number of hydrogen-bond acceptors (Lipinski definition) is 2. The second-order valence-corrected chi connectivity index (χ2v) is 6.92. The van der Waals surface area contributed by atoms with Gasteiger partial charge >= 0.3 is 24.8 Å². The molecule has 2 aromatic rings. The van der Waals surface area contributed by atoms with Crippen LogP contribution in [-0.2, 0) is 0 Å². The smallest absolute Gasteiger partial charge is 1.00 e. The van der Waals surface area contributed by atoms with Gasteiger partial charge in [-0.3, -0.25) is 4.79 Å². The molecule has 1 atom stereocenters. The normalized spacial score (nSPS) is 12.2. The minimum Gasteiger partial charge on any atom is -1.00 e. The predicted molar refractivity (Wildman–Crippen MR) is 86.7 cm³/mol. The molecule has 1 unspecified atom stereocenters. The maximum absolute atomic E-state index is 13.4. The maximum Gasteiger partial charge on any atom is 1.00 e. The van der Waals surface area contributed by atoms with Gasteiger partial charge in [-0.15, -0.1) is 0 Å². The molecular weight excluding hydrogens is 331 g/mol. The summed E-state index contributed by atoms with van der Waals surface area (Å²) in [7, 11) is -2.95. The summed E-state index contributed by atoms with van der Waals surface area (Å²) in [5.41, 5.74) is -0.822. The van der Waals surface area contributed by atoms with Gasteiger partial charge in [0.2, 0.25) is 0 Å². The van der Waals surface area contributed by atoms with Gasteiger partial charge in [-0.1, -0.05) is 49.4 Å². The zero-order valence-corrected chi connectivity index (χ0v) is 14.4. The summed E-state index contributed by atoms with van der Waals surface area (Å²) in [4.78, 5) is 12.3. The van der Waals surface area contributed by atoms with E-state index in [2.05, 4.69) is 0 Å². The van der Waals surface area contributed by atoms with E-state index in [9.17, 15) is 18.0 Å². The van der Waals surface area contributed by atoms with Gasteiger partial charge in [-0.05, 0) is 23.9 Å². The van der Waals surface area contributed by atoms with E-state index in [-0.39, 0.29) is 31.2 Å². The monoisotopic (exact) mass is 348 g/mol. The van der Waals surface area contributed by atoms with E-state index < -0.39 is 19.4 Å². The van der Waals surface area contributed by atoms with Gasteiger partial charge < -0.3 is 6.16 Å². The third-order valence-corrected chi connectivity index (χ3v) is 5.03. The third-order valence-electron chi connectivity index (χ3n) is 3.05. The Morgan fingerprint density at radius 1 is 1.08 bits per heavy atom. The van der Waals surface area contributed by atoms with E-state index in [1.54, 1.807) is 18.2 Å². The summed E-state index contributed by atoms with van der Waals surface area (Å²) in [5.74, 6) is -4.09. The Morgan fingerprint density at radius 3 is 2.17 bits per heavy atom. The Labute approximate surface area is 153 Å².